The molecule has 0 unspecified atom stereocenters. The number of aryl methyl sites for hydroxylation is 1. The minimum absolute atomic E-state index is 0.214. The van der Waals surface area contributed by atoms with Gasteiger partial charge in [-0.15, -0.1) is 0 Å². The van der Waals surface area contributed by atoms with Crippen LogP contribution in [0.4, 0.5) is 5.69 Å². The van der Waals surface area contributed by atoms with Crippen molar-refractivity contribution in [1.29, 1.82) is 0 Å². The summed E-state index contributed by atoms with van der Waals surface area (Å²) < 4.78 is 0. The third kappa shape index (κ3) is 4.19. The number of halogens is 1. The summed E-state index contributed by atoms with van der Waals surface area (Å²) in [7, 11) is 0. The molecule has 0 aliphatic carbocycles. The Morgan fingerprint density at radius 2 is 2.24 bits per heavy atom. The summed E-state index contributed by atoms with van der Waals surface area (Å²) in [6.07, 6.45) is 5.16. The maximum Gasteiger partial charge on any atom is 0.259 e. The molecule has 0 bridgehead atoms. The van der Waals surface area contributed by atoms with Crippen LogP contribution >= 0.6 is 23.4 Å². The molecule has 2 rings (SSSR count). The summed E-state index contributed by atoms with van der Waals surface area (Å²) in [5.41, 5.74) is 1.94. The van der Waals surface area contributed by atoms with Gasteiger partial charge in [0.25, 0.3) is 5.91 Å². The lowest BCUT2D eigenvalue weighted by Crippen LogP contribution is -2.16. The highest BCUT2D eigenvalue weighted by atomic mass is 35.5. The molecular weight excluding hydrogens is 306 g/mol. The van der Waals surface area contributed by atoms with Gasteiger partial charge in [-0.3, -0.25) is 4.79 Å². The van der Waals surface area contributed by atoms with E-state index in [-0.39, 0.29) is 5.91 Å². The SMILES string of the molecule is CCCc1nc(SC)ncc1C(=O)Nc1cccc(Cl)c1. The van der Waals surface area contributed by atoms with Crippen molar-refractivity contribution in [3.8, 4) is 0 Å². The number of carbonyl (C=O) groups excluding carboxylic acids is 1. The fourth-order valence-electron chi connectivity index (χ4n) is 1.88. The molecule has 1 N–H and O–H groups in total. The van der Waals surface area contributed by atoms with E-state index in [2.05, 4.69) is 22.2 Å². The lowest BCUT2D eigenvalue weighted by Gasteiger charge is -2.10. The Labute approximate surface area is 133 Å². The molecule has 1 amide bonds. The first-order chi connectivity index (χ1) is 10.1. The van der Waals surface area contributed by atoms with E-state index in [0.29, 0.717) is 21.4 Å². The third-order valence-electron chi connectivity index (χ3n) is 2.84. The van der Waals surface area contributed by atoms with Crippen molar-refractivity contribution in [1.82, 2.24) is 9.97 Å². The fourth-order valence-corrected chi connectivity index (χ4v) is 2.43. The highest BCUT2D eigenvalue weighted by molar-refractivity contribution is 7.98. The van der Waals surface area contributed by atoms with Crippen LogP contribution in [0.3, 0.4) is 0 Å². The summed E-state index contributed by atoms with van der Waals surface area (Å²) in [4.78, 5) is 21.0. The maximum atomic E-state index is 12.4. The van der Waals surface area contributed by atoms with E-state index in [4.69, 9.17) is 11.6 Å². The van der Waals surface area contributed by atoms with Gasteiger partial charge in [-0.1, -0.05) is 42.8 Å². The molecule has 110 valence electrons. The number of thioether (sulfide) groups is 1. The smallest absolute Gasteiger partial charge is 0.259 e. The second-order valence-corrected chi connectivity index (χ2v) is 5.64. The minimum Gasteiger partial charge on any atom is -0.322 e. The second kappa shape index (κ2) is 7.43. The van der Waals surface area contributed by atoms with E-state index in [1.54, 1.807) is 30.5 Å². The molecule has 1 heterocycles. The highest BCUT2D eigenvalue weighted by Crippen LogP contribution is 2.18. The number of amides is 1. The monoisotopic (exact) mass is 321 g/mol. The van der Waals surface area contributed by atoms with E-state index in [1.165, 1.54) is 11.8 Å². The van der Waals surface area contributed by atoms with Gasteiger partial charge in [-0.25, -0.2) is 9.97 Å². The summed E-state index contributed by atoms with van der Waals surface area (Å²) in [6.45, 7) is 2.06. The van der Waals surface area contributed by atoms with E-state index < -0.39 is 0 Å². The number of aromatic nitrogens is 2. The van der Waals surface area contributed by atoms with Crippen molar-refractivity contribution < 1.29 is 4.79 Å². The quantitative estimate of drug-likeness (QED) is 0.666. The normalized spacial score (nSPS) is 10.4. The van der Waals surface area contributed by atoms with Crippen LogP contribution in [0.5, 0.6) is 0 Å². The average Bonchev–Trinajstić information content (AvgIpc) is 2.47. The van der Waals surface area contributed by atoms with Crippen LogP contribution in [-0.2, 0) is 6.42 Å². The number of anilines is 1. The van der Waals surface area contributed by atoms with Crippen molar-refractivity contribution in [2.75, 3.05) is 11.6 Å². The van der Waals surface area contributed by atoms with Gasteiger partial charge in [0.2, 0.25) is 0 Å². The zero-order valence-corrected chi connectivity index (χ0v) is 13.5. The first-order valence-corrected chi connectivity index (χ1v) is 8.21. The fraction of sp³-hybridized carbons (Fsp3) is 0.267. The van der Waals surface area contributed by atoms with E-state index in [9.17, 15) is 4.79 Å². The van der Waals surface area contributed by atoms with Gasteiger partial charge in [0.05, 0.1) is 11.3 Å². The number of nitrogens with zero attached hydrogens (tertiary/aromatic N) is 2. The lowest BCUT2D eigenvalue weighted by atomic mass is 10.1. The van der Waals surface area contributed by atoms with Gasteiger partial charge < -0.3 is 5.32 Å². The molecule has 4 nitrogen and oxygen atoms in total. The van der Waals surface area contributed by atoms with Gasteiger partial charge in [0, 0.05) is 16.9 Å². The molecule has 0 atom stereocenters. The Morgan fingerprint density at radius 1 is 1.43 bits per heavy atom. The number of hydrogen-bond donors (Lipinski definition) is 1. The Kier molecular flexibility index (Phi) is 5.59. The minimum atomic E-state index is -0.214. The first-order valence-electron chi connectivity index (χ1n) is 6.61. The van der Waals surface area contributed by atoms with Gasteiger partial charge in [-0.05, 0) is 30.9 Å². The number of carbonyl (C=O) groups is 1. The Hall–Kier alpha value is -1.59. The molecule has 2 aromatic rings. The molecular formula is C15H16ClN3OS. The standard InChI is InChI=1S/C15H16ClN3OS/c1-3-5-13-12(9-17-15(19-13)21-2)14(20)18-11-7-4-6-10(16)8-11/h4,6-9H,3,5H2,1-2H3,(H,18,20). The molecule has 0 fully saturated rings. The van der Waals surface area contributed by atoms with Gasteiger partial charge in [-0.2, -0.15) is 0 Å². The molecule has 0 saturated carbocycles. The summed E-state index contributed by atoms with van der Waals surface area (Å²) in [5.74, 6) is -0.214. The Morgan fingerprint density at radius 3 is 2.90 bits per heavy atom. The topological polar surface area (TPSA) is 54.9 Å². The Bertz CT molecular complexity index is 649. The van der Waals surface area contributed by atoms with E-state index in [1.807, 2.05) is 6.26 Å². The number of hydrogen-bond acceptors (Lipinski definition) is 4. The van der Waals surface area contributed by atoms with Crippen molar-refractivity contribution in [3.05, 3.63) is 46.7 Å². The second-order valence-electron chi connectivity index (χ2n) is 4.43. The average molecular weight is 322 g/mol. The van der Waals surface area contributed by atoms with Gasteiger partial charge in [0.1, 0.15) is 0 Å². The van der Waals surface area contributed by atoms with Crippen LogP contribution in [0, 0.1) is 0 Å². The maximum absolute atomic E-state index is 12.4. The zero-order valence-electron chi connectivity index (χ0n) is 11.9. The highest BCUT2D eigenvalue weighted by Gasteiger charge is 2.14. The third-order valence-corrected chi connectivity index (χ3v) is 3.64. The summed E-state index contributed by atoms with van der Waals surface area (Å²) in [6, 6.07) is 7.05. The number of nitrogens with one attached hydrogen (secondary N) is 1. The predicted octanol–water partition coefficient (Wildman–Crippen LogP) is 4.06. The van der Waals surface area contributed by atoms with Crippen molar-refractivity contribution in [3.63, 3.8) is 0 Å². The molecule has 0 saturated heterocycles. The van der Waals surface area contributed by atoms with Crippen LogP contribution in [0.25, 0.3) is 0 Å². The van der Waals surface area contributed by atoms with Crippen LogP contribution in [0.2, 0.25) is 5.02 Å². The summed E-state index contributed by atoms with van der Waals surface area (Å²) in [5, 5.41) is 4.08. The van der Waals surface area contributed by atoms with Crippen LogP contribution in [0.15, 0.2) is 35.6 Å². The number of rotatable bonds is 5. The molecule has 0 spiro atoms. The molecule has 0 aliphatic heterocycles. The molecule has 1 aromatic carbocycles. The zero-order chi connectivity index (χ0) is 15.2. The Balaban J connectivity index is 2.25. The molecule has 6 heteroatoms. The molecule has 0 aliphatic rings. The van der Waals surface area contributed by atoms with E-state index >= 15 is 0 Å². The van der Waals surface area contributed by atoms with Gasteiger partial charge in [0.15, 0.2) is 5.16 Å². The van der Waals surface area contributed by atoms with Crippen molar-refractivity contribution in [2.24, 2.45) is 0 Å². The number of benzene rings is 1. The van der Waals surface area contributed by atoms with Crippen molar-refractivity contribution >= 4 is 35.0 Å². The van der Waals surface area contributed by atoms with Gasteiger partial charge >= 0.3 is 0 Å². The largest absolute Gasteiger partial charge is 0.322 e. The van der Waals surface area contributed by atoms with Crippen LogP contribution in [-0.4, -0.2) is 22.1 Å². The van der Waals surface area contributed by atoms with Crippen LogP contribution < -0.4 is 5.32 Å². The van der Waals surface area contributed by atoms with Crippen molar-refractivity contribution in [2.45, 2.75) is 24.9 Å². The summed E-state index contributed by atoms with van der Waals surface area (Å²) >= 11 is 7.38. The lowest BCUT2D eigenvalue weighted by molar-refractivity contribution is 0.102. The van der Waals surface area contributed by atoms with Crippen LogP contribution in [0.1, 0.15) is 29.4 Å². The predicted molar refractivity (Wildman–Crippen MR) is 87.2 cm³/mol. The molecule has 0 radical (unpaired) electrons. The molecule has 1 aromatic heterocycles. The first kappa shape index (κ1) is 15.8. The van der Waals surface area contributed by atoms with E-state index in [0.717, 1.165) is 18.5 Å². The molecule has 21 heavy (non-hydrogen) atoms.